The fourth-order valence-corrected chi connectivity index (χ4v) is 2.73. The van der Waals surface area contributed by atoms with Crippen LogP contribution in [0.1, 0.15) is 24.3 Å². The highest BCUT2D eigenvalue weighted by atomic mass is 19.4. The molecule has 0 amide bonds. The molecule has 2 heterocycles. The average molecular weight is 327 g/mol. The third kappa shape index (κ3) is 3.53. The molecular formula is C15H16F3N3O2. The first-order valence-corrected chi connectivity index (χ1v) is 7.32. The van der Waals surface area contributed by atoms with Crippen LogP contribution in [0.3, 0.4) is 0 Å². The Bertz CT molecular complexity index is 655. The van der Waals surface area contributed by atoms with Crippen molar-refractivity contribution in [2.75, 3.05) is 13.2 Å². The second-order valence-electron chi connectivity index (χ2n) is 5.54. The minimum atomic E-state index is -4.37. The van der Waals surface area contributed by atoms with Gasteiger partial charge in [0.25, 0.3) is 0 Å². The number of aromatic nitrogens is 2. The Morgan fingerprint density at radius 2 is 2.00 bits per heavy atom. The molecule has 1 aliphatic rings. The Labute approximate surface area is 130 Å². The first-order valence-electron chi connectivity index (χ1n) is 7.32. The van der Waals surface area contributed by atoms with E-state index in [4.69, 9.17) is 4.52 Å². The van der Waals surface area contributed by atoms with Gasteiger partial charge < -0.3 is 9.63 Å². The molecule has 1 aromatic carbocycles. The number of hydrogen-bond acceptors (Lipinski definition) is 5. The molecule has 0 spiro atoms. The lowest BCUT2D eigenvalue weighted by molar-refractivity contribution is -0.137. The van der Waals surface area contributed by atoms with Crippen molar-refractivity contribution in [3.8, 4) is 11.4 Å². The van der Waals surface area contributed by atoms with E-state index in [1.165, 1.54) is 12.1 Å². The summed E-state index contributed by atoms with van der Waals surface area (Å²) in [7, 11) is 0. The molecule has 1 aromatic heterocycles. The van der Waals surface area contributed by atoms with Crippen LogP contribution in [0.25, 0.3) is 11.4 Å². The van der Waals surface area contributed by atoms with E-state index in [2.05, 4.69) is 15.0 Å². The molecule has 0 radical (unpaired) electrons. The quantitative estimate of drug-likeness (QED) is 0.935. The molecule has 23 heavy (non-hydrogen) atoms. The maximum atomic E-state index is 12.5. The van der Waals surface area contributed by atoms with Crippen molar-refractivity contribution in [1.82, 2.24) is 15.0 Å². The SMILES string of the molecule is OC[C@@H]1CCCN1Cc1nc(-c2ccc(C(F)(F)F)cc2)no1. The lowest BCUT2D eigenvalue weighted by Crippen LogP contribution is -2.31. The third-order valence-corrected chi connectivity index (χ3v) is 3.99. The van der Waals surface area contributed by atoms with Crippen LogP contribution in [0.15, 0.2) is 28.8 Å². The molecule has 0 saturated carbocycles. The number of nitrogens with zero attached hydrogens (tertiary/aromatic N) is 3. The number of aliphatic hydroxyl groups is 1. The highest BCUT2D eigenvalue weighted by Gasteiger charge is 2.30. The number of likely N-dealkylation sites (tertiary alicyclic amines) is 1. The van der Waals surface area contributed by atoms with Gasteiger partial charge in [-0.1, -0.05) is 17.3 Å². The van der Waals surface area contributed by atoms with Gasteiger partial charge in [0.2, 0.25) is 11.7 Å². The molecule has 0 aliphatic carbocycles. The molecule has 2 aromatic rings. The van der Waals surface area contributed by atoms with E-state index >= 15 is 0 Å². The lowest BCUT2D eigenvalue weighted by atomic mass is 10.1. The Morgan fingerprint density at radius 1 is 1.26 bits per heavy atom. The number of rotatable bonds is 4. The van der Waals surface area contributed by atoms with Gasteiger partial charge in [0, 0.05) is 11.6 Å². The summed E-state index contributed by atoms with van der Waals surface area (Å²) in [6, 6.07) is 4.73. The highest BCUT2D eigenvalue weighted by molar-refractivity contribution is 5.54. The van der Waals surface area contributed by atoms with Crippen LogP contribution in [0.4, 0.5) is 13.2 Å². The van der Waals surface area contributed by atoms with E-state index in [0.717, 1.165) is 31.5 Å². The highest BCUT2D eigenvalue weighted by Crippen LogP contribution is 2.30. The first-order chi connectivity index (χ1) is 11.0. The number of alkyl halides is 3. The molecule has 3 rings (SSSR count). The topological polar surface area (TPSA) is 62.4 Å². The average Bonchev–Trinajstić information content (AvgIpc) is 3.16. The fourth-order valence-electron chi connectivity index (χ4n) is 2.73. The normalized spacial score (nSPS) is 19.4. The second-order valence-corrected chi connectivity index (χ2v) is 5.54. The molecule has 1 atom stereocenters. The molecule has 1 N–H and O–H groups in total. The van der Waals surface area contributed by atoms with Crippen molar-refractivity contribution in [2.24, 2.45) is 0 Å². The van der Waals surface area contributed by atoms with Gasteiger partial charge in [-0.2, -0.15) is 18.2 Å². The van der Waals surface area contributed by atoms with Crippen molar-refractivity contribution in [3.05, 3.63) is 35.7 Å². The minimum Gasteiger partial charge on any atom is -0.395 e. The van der Waals surface area contributed by atoms with Crippen LogP contribution in [-0.2, 0) is 12.7 Å². The van der Waals surface area contributed by atoms with Gasteiger partial charge in [0.15, 0.2) is 0 Å². The summed E-state index contributed by atoms with van der Waals surface area (Å²) in [4.78, 5) is 6.28. The van der Waals surface area contributed by atoms with E-state index in [1.807, 2.05) is 0 Å². The summed E-state index contributed by atoms with van der Waals surface area (Å²) in [6.45, 7) is 1.36. The van der Waals surface area contributed by atoms with Crippen LogP contribution < -0.4 is 0 Å². The van der Waals surface area contributed by atoms with E-state index in [-0.39, 0.29) is 18.5 Å². The largest absolute Gasteiger partial charge is 0.416 e. The Balaban J connectivity index is 1.72. The molecule has 1 fully saturated rings. The van der Waals surface area contributed by atoms with Gasteiger partial charge in [0.1, 0.15) is 0 Å². The smallest absolute Gasteiger partial charge is 0.395 e. The number of benzene rings is 1. The van der Waals surface area contributed by atoms with Gasteiger partial charge in [0.05, 0.1) is 18.7 Å². The van der Waals surface area contributed by atoms with E-state index < -0.39 is 11.7 Å². The third-order valence-electron chi connectivity index (χ3n) is 3.99. The summed E-state index contributed by atoms with van der Waals surface area (Å²) in [5.41, 5.74) is -0.249. The maximum Gasteiger partial charge on any atom is 0.416 e. The zero-order valence-electron chi connectivity index (χ0n) is 12.3. The first kappa shape index (κ1) is 15.9. The minimum absolute atomic E-state index is 0.0832. The summed E-state index contributed by atoms with van der Waals surface area (Å²) in [6.07, 6.45) is -2.43. The number of hydrogen-bond donors (Lipinski definition) is 1. The predicted octanol–water partition coefficient (Wildman–Crippen LogP) is 2.71. The predicted molar refractivity (Wildman–Crippen MR) is 75.3 cm³/mol. The van der Waals surface area contributed by atoms with E-state index in [9.17, 15) is 18.3 Å². The number of halogens is 3. The molecule has 0 bridgehead atoms. The van der Waals surface area contributed by atoms with E-state index in [1.54, 1.807) is 0 Å². The van der Waals surface area contributed by atoms with Crippen molar-refractivity contribution < 1.29 is 22.8 Å². The lowest BCUT2D eigenvalue weighted by Gasteiger charge is -2.20. The van der Waals surface area contributed by atoms with Crippen molar-refractivity contribution in [1.29, 1.82) is 0 Å². The van der Waals surface area contributed by atoms with E-state index in [0.29, 0.717) is 18.0 Å². The Morgan fingerprint density at radius 3 is 2.65 bits per heavy atom. The molecule has 124 valence electrons. The zero-order chi connectivity index (χ0) is 16.4. The zero-order valence-corrected chi connectivity index (χ0v) is 12.3. The van der Waals surface area contributed by atoms with Crippen molar-refractivity contribution in [2.45, 2.75) is 31.6 Å². The van der Waals surface area contributed by atoms with Gasteiger partial charge in [-0.25, -0.2) is 0 Å². The van der Waals surface area contributed by atoms with Gasteiger partial charge in [-0.3, -0.25) is 4.90 Å². The van der Waals surface area contributed by atoms with Crippen molar-refractivity contribution in [3.63, 3.8) is 0 Å². The van der Waals surface area contributed by atoms with Gasteiger partial charge in [-0.15, -0.1) is 0 Å². The summed E-state index contributed by atoms with van der Waals surface area (Å²) in [5, 5.41) is 13.1. The molecule has 1 saturated heterocycles. The Hall–Kier alpha value is -1.93. The van der Waals surface area contributed by atoms with Gasteiger partial charge in [-0.05, 0) is 31.5 Å². The van der Waals surface area contributed by atoms with Crippen LogP contribution in [0.2, 0.25) is 0 Å². The second kappa shape index (κ2) is 6.29. The summed E-state index contributed by atoms with van der Waals surface area (Å²) >= 11 is 0. The molecule has 0 unspecified atom stereocenters. The molecule has 5 nitrogen and oxygen atoms in total. The Kier molecular flexibility index (Phi) is 4.36. The fraction of sp³-hybridized carbons (Fsp3) is 0.467. The maximum absolute atomic E-state index is 12.5. The summed E-state index contributed by atoms with van der Waals surface area (Å²) < 4.78 is 42.8. The monoisotopic (exact) mass is 327 g/mol. The van der Waals surface area contributed by atoms with Crippen LogP contribution >= 0.6 is 0 Å². The standard InChI is InChI=1S/C15H16F3N3O2/c16-15(17,18)11-5-3-10(4-6-11)14-19-13(23-20-14)8-21-7-1-2-12(21)9-22/h3-6,12,22H,1-2,7-9H2/t12-/m0/s1. The molecule has 8 heteroatoms. The van der Waals surface area contributed by atoms with Crippen LogP contribution in [-0.4, -0.2) is 39.3 Å². The van der Waals surface area contributed by atoms with Crippen molar-refractivity contribution >= 4 is 0 Å². The van der Waals surface area contributed by atoms with Crippen LogP contribution in [0, 0.1) is 0 Å². The summed E-state index contributed by atoms with van der Waals surface area (Å²) in [5.74, 6) is 0.647. The van der Waals surface area contributed by atoms with Crippen LogP contribution in [0.5, 0.6) is 0 Å². The molecular weight excluding hydrogens is 311 g/mol. The number of aliphatic hydroxyl groups excluding tert-OH is 1. The van der Waals surface area contributed by atoms with Gasteiger partial charge >= 0.3 is 6.18 Å². The molecule has 1 aliphatic heterocycles.